The number of rotatable bonds is 20. The SMILES string of the molecule is CC(C)(COP(=O)(O)OP(=O)(O)OC[C@H]1O[C@@H](n2cnc3c(N)ncnc32)[C@H](O)[C@@H]1OP(=O)(O)O)[C@@H](O)C(=O)NCCC(=O)NCCSC(=O)C=CO. The highest BCUT2D eigenvalue weighted by Gasteiger charge is 2.50. The Balaban J connectivity index is 1.52. The molecule has 3 rings (SSSR count). The first-order valence-corrected chi connectivity index (χ1v) is 20.4. The molecule has 0 spiro atoms. The fraction of sp³-hybridized carbons (Fsp3) is 0.583. The number of fused-ring (bicyclic) bond motifs is 1. The van der Waals surface area contributed by atoms with E-state index in [9.17, 15) is 57.9 Å². The lowest BCUT2D eigenvalue weighted by molar-refractivity contribution is -0.137. The van der Waals surface area contributed by atoms with Crippen molar-refractivity contribution in [2.75, 3.05) is 37.8 Å². The first kappa shape index (κ1) is 44.5. The number of aliphatic hydroxyl groups is 3. The molecule has 11 N–H and O–H groups in total. The Hall–Kier alpha value is -2.90. The molecule has 0 bridgehead atoms. The third kappa shape index (κ3) is 13.4. The molecule has 0 saturated carbocycles. The normalized spacial score (nSPS) is 22.3. The molecule has 2 unspecified atom stereocenters. The maximum atomic E-state index is 12.6. The van der Waals surface area contributed by atoms with Crippen LogP contribution in [0, 0.1) is 5.41 Å². The number of thioether (sulfide) groups is 1. The monoisotopic (exact) mass is 837 g/mol. The van der Waals surface area contributed by atoms with Crippen LogP contribution < -0.4 is 16.4 Å². The van der Waals surface area contributed by atoms with Crippen LogP contribution in [0.2, 0.25) is 0 Å². The van der Waals surface area contributed by atoms with Crippen LogP contribution in [0.1, 0.15) is 26.5 Å². The third-order valence-electron chi connectivity index (χ3n) is 6.96. The number of carbonyl (C=O) groups is 3. The molecule has 298 valence electrons. The summed E-state index contributed by atoms with van der Waals surface area (Å²) in [4.78, 5) is 86.4. The standard InChI is InChI=1S/C24H38N7O18P3S/c1-24(2,19(36)22(37)27-5-3-14(33)26-6-8-53-15(34)4-7-32)10-46-52(43,44)49-51(41,42)45-9-13-18(48-50(38,39)40)17(35)23(47-13)31-12-30-16-20(25)28-11-29-21(16)31/h4,7,11-13,17-19,23,32,35-36H,3,5-6,8-10H2,1-2H3,(H,26,33)(H,27,37)(H,41,42)(H,43,44)(H2,25,28,29)(H2,38,39,40)/t13-,17-,18-,19+,23-/m1/s1. The lowest BCUT2D eigenvalue weighted by Gasteiger charge is -2.30. The molecule has 1 aliphatic heterocycles. The first-order valence-electron chi connectivity index (χ1n) is 14.9. The molecule has 29 heteroatoms. The summed E-state index contributed by atoms with van der Waals surface area (Å²) >= 11 is 0.848. The quantitative estimate of drug-likeness (QED) is 0.0322. The van der Waals surface area contributed by atoms with E-state index in [0.717, 1.165) is 35.1 Å². The van der Waals surface area contributed by atoms with Gasteiger partial charge in [-0.15, -0.1) is 0 Å². The first-order chi connectivity index (χ1) is 24.6. The van der Waals surface area contributed by atoms with Crippen molar-refractivity contribution in [3.05, 3.63) is 25.0 Å². The van der Waals surface area contributed by atoms with Crippen molar-refractivity contribution in [1.29, 1.82) is 0 Å². The van der Waals surface area contributed by atoms with Crippen molar-refractivity contribution >= 4 is 69.1 Å². The summed E-state index contributed by atoms with van der Waals surface area (Å²) in [5, 5.41) is 34.2. The molecule has 1 saturated heterocycles. The zero-order valence-corrected chi connectivity index (χ0v) is 31.2. The number of phosphoric ester groups is 3. The number of nitrogens with one attached hydrogen (secondary N) is 2. The van der Waals surface area contributed by atoms with E-state index in [1.807, 2.05) is 0 Å². The summed E-state index contributed by atoms with van der Waals surface area (Å²) < 4.78 is 61.8. The van der Waals surface area contributed by atoms with E-state index in [0.29, 0.717) is 6.26 Å². The average molecular weight is 838 g/mol. The molecular formula is C24H38N7O18P3S. The van der Waals surface area contributed by atoms with E-state index in [1.54, 1.807) is 0 Å². The number of ether oxygens (including phenoxy) is 1. The predicted octanol–water partition coefficient (Wildman–Crippen LogP) is -1.26. The summed E-state index contributed by atoms with van der Waals surface area (Å²) in [5.74, 6) is -1.32. The molecule has 3 heterocycles. The number of anilines is 1. The van der Waals surface area contributed by atoms with Gasteiger partial charge < -0.3 is 56.0 Å². The molecule has 0 radical (unpaired) electrons. The van der Waals surface area contributed by atoms with E-state index in [2.05, 4.69) is 34.4 Å². The van der Waals surface area contributed by atoms with Crippen molar-refractivity contribution in [2.24, 2.45) is 5.41 Å². The number of hydrogen-bond donors (Lipinski definition) is 10. The smallest absolute Gasteiger partial charge is 0.481 e. The number of phosphoric acid groups is 3. The van der Waals surface area contributed by atoms with Gasteiger partial charge in [-0.25, -0.2) is 28.6 Å². The molecule has 2 amide bonds. The topological polar surface area (TPSA) is 384 Å². The number of nitrogen functional groups attached to an aromatic ring is 1. The number of amides is 2. The van der Waals surface area contributed by atoms with Gasteiger partial charge >= 0.3 is 23.5 Å². The van der Waals surface area contributed by atoms with Gasteiger partial charge in [-0.3, -0.25) is 32.5 Å². The second-order valence-corrected chi connectivity index (χ2v) is 16.9. The molecule has 2 aromatic heterocycles. The van der Waals surface area contributed by atoms with E-state index in [-0.39, 0.29) is 42.2 Å². The molecule has 7 atom stereocenters. The third-order valence-corrected chi connectivity index (χ3v) is 10.9. The Kier molecular flexibility index (Phi) is 15.6. The van der Waals surface area contributed by atoms with Crippen LogP contribution in [0.5, 0.6) is 0 Å². The van der Waals surface area contributed by atoms with Gasteiger partial charge in [0.1, 0.15) is 36.3 Å². The molecule has 1 fully saturated rings. The second kappa shape index (κ2) is 18.6. The van der Waals surface area contributed by atoms with Crippen molar-refractivity contribution in [2.45, 2.75) is 50.9 Å². The maximum absolute atomic E-state index is 12.6. The Bertz CT molecular complexity index is 1790. The van der Waals surface area contributed by atoms with E-state index >= 15 is 0 Å². The highest BCUT2D eigenvalue weighted by atomic mass is 32.2. The van der Waals surface area contributed by atoms with Crippen LogP contribution in [-0.4, -0.2) is 128 Å². The molecule has 0 aromatic carbocycles. The van der Waals surface area contributed by atoms with Crippen LogP contribution in [0.15, 0.2) is 25.0 Å². The maximum Gasteiger partial charge on any atom is 0.481 e. The molecule has 2 aromatic rings. The van der Waals surface area contributed by atoms with Gasteiger partial charge in [0.05, 0.1) is 25.8 Å². The number of carbonyl (C=O) groups excluding carboxylic acids is 3. The molecule has 53 heavy (non-hydrogen) atoms. The van der Waals surface area contributed by atoms with Crippen molar-refractivity contribution in [3.8, 4) is 0 Å². The highest BCUT2D eigenvalue weighted by molar-refractivity contribution is 8.14. The Morgan fingerprint density at radius 2 is 1.77 bits per heavy atom. The number of nitrogens with two attached hydrogens (primary N) is 1. The fourth-order valence-electron chi connectivity index (χ4n) is 4.39. The van der Waals surface area contributed by atoms with Crippen LogP contribution in [0.4, 0.5) is 5.82 Å². The van der Waals surface area contributed by atoms with Crippen LogP contribution in [0.25, 0.3) is 11.2 Å². The zero-order chi connectivity index (χ0) is 39.8. The summed E-state index contributed by atoms with van der Waals surface area (Å²) in [5.41, 5.74) is 4.22. The van der Waals surface area contributed by atoms with Crippen LogP contribution in [0.3, 0.4) is 0 Å². The van der Waals surface area contributed by atoms with E-state index in [4.69, 9.17) is 24.6 Å². The van der Waals surface area contributed by atoms with Gasteiger partial charge in [0, 0.05) is 36.8 Å². The highest BCUT2D eigenvalue weighted by Crippen LogP contribution is 2.61. The lowest BCUT2D eigenvalue weighted by Crippen LogP contribution is -2.46. The van der Waals surface area contributed by atoms with Gasteiger partial charge in [-0.1, -0.05) is 25.6 Å². The van der Waals surface area contributed by atoms with Crippen LogP contribution >= 0.6 is 35.2 Å². The minimum absolute atomic E-state index is 0.0245. The van der Waals surface area contributed by atoms with Crippen molar-refractivity contribution < 1.29 is 85.6 Å². The van der Waals surface area contributed by atoms with Gasteiger partial charge in [0.2, 0.25) is 16.9 Å². The summed E-state index contributed by atoms with van der Waals surface area (Å²) in [6, 6.07) is 0. The molecule has 1 aliphatic rings. The Morgan fingerprint density at radius 3 is 2.43 bits per heavy atom. The van der Waals surface area contributed by atoms with Gasteiger partial charge in [-0.2, -0.15) is 4.31 Å². The van der Waals surface area contributed by atoms with Crippen molar-refractivity contribution in [1.82, 2.24) is 30.2 Å². The average Bonchev–Trinajstić information content (AvgIpc) is 3.61. The lowest BCUT2D eigenvalue weighted by atomic mass is 9.87. The van der Waals surface area contributed by atoms with E-state index in [1.165, 1.54) is 13.8 Å². The van der Waals surface area contributed by atoms with Crippen LogP contribution in [-0.2, 0) is 50.7 Å². The van der Waals surface area contributed by atoms with E-state index < -0.39 is 89.7 Å². The molecule has 25 nitrogen and oxygen atoms in total. The number of aliphatic hydroxyl groups excluding tert-OH is 3. The fourth-order valence-corrected chi connectivity index (χ4v) is 7.78. The molecule has 0 aliphatic carbocycles. The van der Waals surface area contributed by atoms with Gasteiger partial charge in [0.25, 0.3) is 0 Å². The Labute approximate surface area is 303 Å². The largest absolute Gasteiger partial charge is 0.515 e. The minimum Gasteiger partial charge on any atom is -0.515 e. The zero-order valence-electron chi connectivity index (χ0n) is 27.7. The van der Waals surface area contributed by atoms with Gasteiger partial charge in [-0.05, 0) is 0 Å². The second-order valence-electron chi connectivity index (χ2n) is 11.6. The summed E-state index contributed by atoms with van der Waals surface area (Å²) in [7, 11) is -16.4. The number of aromatic nitrogens is 4. The predicted molar refractivity (Wildman–Crippen MR) is 179 cm³/mol. The minimum atomic E-state index is -5.57. The Morgan fingerprint density at radius 1 is 1.09 bits per heavy atom. The van der Waals surface area contributed by atoms with Crippen molar-refractivity contribution in [3.63, 3.8) is 0 Å². The number of nitrogens with zero attached hydrogens (tertiary/aromatic N) is 4. The summed E-state index contributed by atoms with van der Waals surface area (Å²) in [6.07, 6.45) is -5.48. The number of imidazole rings is 1. The number of hydrogen-bond acceptors (Lipinski definition) is 19. The molecular weight excluding hydrogens is 799 g/mol. The summed E-state index contributed by atoms with van der Waals surface area (Å²) in [6.45, 7) is 0.309. The van der Waals surface area contributed by atoms with Gasteiger partial charge in [0.15, 0.2) is 17.7 Å².